The van der Waals surface area contributed by atoms with E-state index in [1.165, 1.54) is 0 Å². The van der Waals surface area contributed by atoms with Crippen LogP contribution in [-0.4, -0.2) is 11.0 Å². The van der Waals surface area contributed by atoms with Crippen LogP contribution in [0.15, 0.2) is 45.5 Å². The van der Waals surface area contributed by atoms with Crippen molar-refractivity contribution in [3.63, 3.8) is 0 Å². The molecule has 0 aliphatic carbocycles. The van der Waals surface area contributed by atoms with E-state index in [0.29, 0.717) is 18.5 Å². The molecule has 106 valence electrons. The van der Waals surface area contributed by atoms with Crippen LogP contribution in [0.5, 0.6) is 11.6 Å². The largest absolute Gasteiger partial charge is 0.438 e. The van der Waals surface area contributed by atoms with Crippen LogP contribution in [0.25, 0.3) is 0 Å². The van der Waals surface area contributed by atoms with Crippen LogP contribution < -0.4 is 10.1 Å². The molecule has 20 heavy (non-hydrogen) atoms. The van der Waals surface area contributed by atoms with Crippen molar-refractivity contribution in [3.8, 4) is 11.6 Å². The number of ether oxygens (including phenoxy) is 1. The van der Waals surface area contributed by atoms with Crippen molar-refractivity contribution >= 4 is 31.9 Å². The average Bonchev–Trinajstić information content (AvgIpc) is 2.41. The van der Waals surface area contributed by atoms with Gasteiger partial charge >= 0.3 is 0 Å². The van der Waals surface area contributed by atoms with Gasteiger partial charge in [-0.05, 0) is 50.1 Å². The second-order valence-electron chi connectivity index (χ2n) is 4.69. The lowest BCUT2D eigenvalue weighted by molar-refractivity contribution is 0.447. The fourth-order valence-corrected chi connectivity index (χ4v) is 2.38. The number of benzene rings is 1. The molecule has 0 amide bonds. The molecular formula is C15H16Br2N2O. The second-order valence-corrected chi connectivity index (χ2v) is 6.46. The maximum absolute atomic E-state index is 5.91. The lowest BCUT2D eigenvalue weighted by Gasteiger charge is -2.13. The fourth-order valence-electron chi connectivity index (χ4n) is 1.63. The number of halogens is 2. The van der Waals surface area contributed by atoms with E-state index in [9.17, 15) is 0 Å². The highest BCUT2D eigenvalue weighted by molar-refractivity contribution is 9.10. The number of hydrogen-bond acceptors (Lipinski definition) is 3. The number of rotatable bonds is 5. The van der Waals surface area contributed by atoms with Crippen LogP contribution in [0.4, 0.5) is 0 Å². The maximum atomic E-state index is 5.91. The molecule has 0 saturated heterocycles. The Hall–Kier alpha value is -0.910. The Labute approximate surface area is 136 Å². The normalized spacial score (nSPS) is 10.8. The van der Waals surface area contributed by atoms with Crippen LogP contribution in [-0.2, 0) is 6.54 Å². The SMILES string of the molecule is CC(C)NCc1cc(Br)cnc1Oc1ccccc1Br. The smallest absolute Gasteiger partial charge is 0.223 e. The molecule has 0 aliphatic rings. The van der Waals surface area contributed by atoms with E-state index in [1.54, 1.807) is 6.20 Å². The number of hydrogen-bond donors (Lipinski definition) is 1. The van der Waals surface area contributed by atoms with Crippen molar-refractivity contribution in [2.75, 3.05) is 0 Å². The van der Waals surface area contributed by atoms with Gasteiger partial charge in [-0.25, -0.2) is 4.98 Å². The standard InChI is InChI=1S/C15H16Br2N2O/c1-10(2)18-8-11-7-12(16)9-19-15(11)20-14-6-4-3-5-13(14)17/h3-7,9-10,18H,8H2,1-2H3. The minimum absolute atomic E-state index is 0.408. The van der Waals surface area contributed by atoms with E-state index in [0.717, 1.165) is 20.3 Å². The Bertz CT molecular complexity index is 588. The summed E-state index contributed by atoms with van der Waals surface area (Å²) in [6.45, 7) is 4.93. The third-order valence-electron chi connectivity index (χ3n) is 2.64. The van der Waals surface area contributed by atoms with E-state index < -0.39 is 0 Å². The van der Waals surface area contributed by atoms with Crippen LogP contribution >= 0.6 is 31.9 Å². The van der Waals surface area contributed by atoms with Gasteiger partial charge in [0.15, 0.2) is 0 Å². The summed E-state index contributed by atoms with van der Waals surface area (Å²) in [6, 6.07) is 10.2. The number of aromatic nitrogens is 1. The summed E-state index contributed by atoms with van der Waals surface area (Å²) in [6.07, 6.45) is 1.74. The van der Waals surface area contributed by atoms with Crippen molar-refractivity contribution in [1.82, 2.24) is 10.3 Å². The van der Waals surface area contributed by atoms with Crippen molar-refractivity contribution in [1.29, 1.82) is 0 Å². The Balaban J connectivity index is 2.24. The Morgan fingerprint density at radius 3 is 2.70 bits per heavy atom. The Kier molecular flexibility index (Phi) is 5.57. The third kappa shape index (κ3) is 4.30. The average molecular weight is 400 g/mol. The van der Waals surface area contributed by atoms with E-state index in [2.05, 4.69) is 56.0 Å². The molecule has 1 aromatic carbocycles. The van der Waals surface area contributed by atoms with E-state index in [1.807, 2.05) is 30.3 Å². The molecule has 0 aliphatic heterocycles. The molecule has 2 aromatic rings. The lowest BCUT2D eigenvalue weighted by atomic mass is 10.2. The first-order valence-electron chi connectivity index (χ1n) is 6.36. The topological polar surface area (TPSA) is 34.2 Å². The van der Waals surface area contributed by atoms with Gasteiger partial charge in [-0.2, -0.15) is 0 Å². The molecule has 2 rings (SSSR count). The predicted molar refractivity (Wildman–Crippen MR) is 88.1 cm³/mol. The number of para-hydroxylation sites is 1. The summed E-state index contributed by atoms with van der Waals surface area (Å²) < 4.78 is 7.76. The molecule has 0 radical (unpaired) electrons. The predicted octanol–water partition coefficient (Wildman–Crippen LogP) is 4.90. The highest BCUT2D eigenvalue weighted by Crippen LogP contribution is 2.30. The van der Waals surface area contributed by atoms with Gasteiger partial charge in [-0.3, -0.25) is 0 Å². The summed E-state index contributed by atoms with van der Waals surface area (Å²) >= 11 is 6.93. The van der Waals surface area contributed by atoms with Gasteiger partial charge in [-0.1, -0.05) is 26.0 Å². The highest BCUT2D eigenvalue weighted by atomic mass is 79.9. The zero-order valence-corrected chi connectivity index (χ0v) is 14.5. The Morgan fingerprint density at radius 1 is 1.25 bits per heavy atom. The molecular weight excluding hydrogens is 384 g/mol. The van der Waals surface area contributed by atoms with Gasteiger partial charge in [-0.15, -0.1) is 0 Å². The zero-order chi connectivity index (χ0) is 14.5. The number of nitrogens with zero attached hydrogens (tertiary/aromatic N) is 1. The molecule has 0 atom stereocenters. The van der Waals surface area contributed by atoms with Gasteiger partial charge in [0.2, 0.25) is 5.88 Å². The first kappa shape index (κ1) is 15.5. The summed E-state index contributed by atoms with van der Waals surface area (Å²) in [7, 11) is 0. The monoisotopic (exact) mass is 398 g/mol. The second kappa shape index (κ2) is 7.20. The first-order valence-corrected chi connectivity index (χ1v) is 7.95. The van der Waals surface area contributed by atoms with Gasteiger partial charge in [0.05, 0.1) is 4.47 Å². The van der Waals surface area contributed by atoms with Gasteiger partial charge < -0.3 is 10.1 Å². The lowest BCUT2D eigenvalue weighted by Crippen LogP contribution is -2.22. The number of pyridine rings is 1. The highest BCUT2D eigenvalue weighted by Gasteiger charge is 2.10. The molecule has 0 saturated carbocycles. The quantitative estimate of drug-likeness (QED) is 0.776. The Morgan fingerprint density at radius 2 is 2.00 bits per heavy atom. The maximum Gasteiger partial charge on any atom is 0.223 e. The molecule has 0 bridgehead atoms. The van der Waals surface area contributed by atoms with Crippen molar-refractivity contribution < 1.29 is 4.74 Å². The van der Waals surface area contributed by atoms with E-state index >= 15 is 0 Å². The van der Waals surface area contributed by atoms with E-state index in [4.69, 9.17) is 4.74 Å². The van der Waals surface area contributed by atoms with Crippen LogP contribution in [0.3, 0.4) is 0 Å². The summed E-state index contributed by atoms with van der Waals surface area (Å²) in [5.74, 6) is 1.38. The summed E-state index contributed by atoms with van der Waals surface area (Å²) in [5, 5.41) is 3.38. The summed E-state index contributed by atoms with van der Waals surface area (Å²) in [4.78, 5) is 4.36. The molecule has 1 heterocycles. The minimum Gasteiger partial charge on any atom is -0.438 e. The van der Waals surface area contributed by atoms with Crippen LogP contribution in [0.1, 0.15) is 19.4 Å². The van der Waals surface area contributed by atoms with Crippen LogP contribution in [0.2, 0.25) is 0 Å². The van der Waals surface area contributed by atoms with Crippen molar-refractivity contribution in [3.05, 3.63) is 51.0 Å². The van der Waals surface area contributed by atoms with Crippen molar-refractivity contribution in [2.45, 2.75) is 26.4 Å². The molecule has 0 unspecified atom stereocenters. The first-order chi connectivity index (χ1) is 9.56. The molecule has 3 nitrogen and oxygen atoms in total. The van der Waals surface area contributed by atoms with Crippen LogP contribution in [0, 0.1) is 0 Å². The molecule has 0 spiro atoms. The molecule has 5 heteroatoms. The fraction of sp³-hybridized carbons (Fsp3) is 0.267. The van der Waals surface area contributed by atoms with Gasteiger partial charge in [0, 0.05) is 28.8 Å². The minimum atomic E-state index is 0.408. The van der Waals surface area contributed by atoms with Gasteiger partial charge in [0.25, 0.3) is 0 Å². The van der Waals surface area contributed by atoms with E-state index in [-0.39, 0.29) is 0 Å². The molecule has 1 N–H and O–H groups in total. The summed E-state index contributed by atoms with van der Waals surface area (Å²) in [5.41, 5.74) is 1.02. The molecule has 1 aromatic heterocycles. The van der Waals surface area contributed by atoms with Crippen molar-refractivity contribution in [2.24, 2.45) is 0 Å². The molecule has 0 fully saturated rings. The van der Waals surface area contributed by atoms with Gasteiger partial charge in [0.1, 0.15) is 5.75 Å². The number of nitrogens with one attached hydrogen (secondary N) is 1. The zero-order valence-electron chi connectivity index (χ0n) is 11.4. The third-order valence-corrected chi connectivity index (χ3v) is 3.72.